The van der Waals surface area contributed by atoms with Crippen LogP contribution in [0.3, 0.4) is 0 Å². The molecule has 0 radical (unpaired) electrons. The zero-order valence-electron chi connectivity index (χ0n) is 16.1. The van der Waals surface area contributed by atoms with E-state index in [9.17, 15) is 13.2 Å². The van der Waals surface area contributed by atoms with Crippen LogP contribution in [0.1, 0.15) is 26.7 Å². The Kier molecular flexibility index (Phi) is 6.17. The van der Waals surface area contributed by atoms with Crippen molar-refractivity contribution < 1.29 is 13.2 Å². The summed E-state index contributed by atoms with van der Waals surface area (Å²) in [6.45, 7) is 5.60. The minimum atomic E-state index is -2.97. The highest BCUT2D eigenvalue weighted by atomic mass is 32.2. The second-order valence-electron chi connectivity index (χ2n) is 7.16. The zero-order chi connectivity index (χ0) is 19.4. The Morgan fingerprint density at radius 2 is 1.85 bits per heavy atom. The molecule has 0 bridgehead atoms. The molecule has 5 nitrogen and oxygen atoms in total. The van der Waals surface area contributed by atoms with Crippen molar-refractivity contribution in [3.05, 3.63) is 42.5 Å². The van der Waals surface area contributed by atoms with E-state index >= 15 is 0 Å². The number of anilines is 1. The summed E-state index contributed by atoms with van der Waals surface area (Å²) in [7, 11) is -2.97. The minimum absolute atomic E-state index is 0.0200. The topological polar surface area (TPSA) is 57.7 Å². The van der Waals surface area contributed by atoms with Crippen LogP contribution in [-0.4, -0.2) is 56.4 Å². The molecule has 0 saturated carbocycles. The largest absolute Gasteiger partial charge is 0.311 e. The van der Waals surface area contributed by atoms with Crippen LogP contribution in [0.5, 0.6) is 0 Å². The quantitative estimate of drug-likeness (QED) is 0.731. The van der Waals surface area contributed by atoms with Gasteiger partial charge in [-0.1, -0.05) is 43.3 Å². The maximum Gasteiger partial charge on any atom is 0.241 e. The van der Waals surface area contributed by atoms with E-state index in [2.05, 4.69) is 11.8 Å². The summed E-state index contributed by atoms with van der Waals surface area (Å²) in [6, 6.07) is 14.0. The van der Waals surface area contributed by atoms with Gasteiger partial charge < -0.3 is 4.90 Å². The number of rotatable bonds is 7. The van der Waals surface area contributed by atoms with Crippen molar-refractivity contribution in [3.63, 3.8) is 0 Å². The van der Waals surface area contributed by atoms with Gasteiger partial charge in [0.05, 0.1) is 23.7 Å². The lowest BCUT2D eigenvalue weighted by Gasteiger charge is -2.30. The highest BCUT2D eigenvalue weighted by molar-refractivity contribution is 7.91. The van der Waals surface area contributed by atoms with Crippen LogP contribution >= 0.6 is 0 Å². The Morgan fingerprint density at radius 1 is 1.11 bits per heavy atom. The summed E-state index contributed by atoms with van der Waals surface area (Å²) in [5.41, 5.74) is 0.913. The first-order chi connectivity index (χ1) is 12.9. The van der Waals surface area contributed by atoms with Gasteiger partial charge in [-0.2, -0.15) is 0 Å². The third kappa shape index (κ3) is 4.50. The molecule has 1 aliphatic heterocycles. The van der Waals surface area contributed by atoms with Gasteiger partial charge >= 0.3 is 0 Å². The molecule has 2 aromatic rings. The monoisotopic (exact) mass is 388 g/mol. The third-order valence-corrected chi connectivity index (χ3v) is 7.00. The smallest absolute Gasteiger partial charge is 0.241 e. The van der Waals surface area contributed by atoms with Crippen LogP contribution in [0.15, 0.2) is 42.5 Å². The number of nitrogens with zero attached hydrogens (tertiary/aromatic N) is 2. The molecule has 146 valence electrons. The van der Waals surface area contributed by atoms with Crippen LogP contribution < -0.4 is 4.90 Å². The molecule has 1 unspecified atom stereocenters. The number of fused-ring (bicyclic) bond motifs is 1. The lowest BCUT2D eigenvalue weighted by molar-refractivity contribution is -0.120. The van der Waals surface area contributed by atoms with E-state index in [0.717, 1.165) is 29.4 Å². The highest BCUT2D eigenvalue weighted by Crippen LogP contribution is 2.27. The molecule has 1 heterocycles. The summed E-state index contributed by atoms with van der Waals surface area (Å²) >= 11 is 0. The first kappa shape index (κ1) is 19.8. The fourth-order valence-electron chi connectivity index (χ4n) is 3.93. The van der Waals surface area contributed by atoms with Crippen molar-refractivity contribution in [1.29, 1.82) is 0 Å². The second kappa shape index (κ2) is 8.40. The Morgan fingerprint density at radius 3 is 2.52 bits per heavy atom. The van der Waals surface area contributed by atoms with E-state index in [-0.39, 0.29) is 30.0 Å². The third-order valence-electron chi connectivity index (χ3n) is 5.25. The zero-order valence-corrected chi connectivity index (χ0v) is 16.9. The van der Waals surface area contributed by atoms with E-state index in [1.807, 2.05) is 54.3 Å². The molecule has 1 fully saturated rings. The Balaban J connectivity index is 1.83. The van der Waals surface area contributed by atoms with E-state index in [1.165, 1.54) is 0 Å². The van der Waals surface area contributed by atoms with Crippen LogP contribution in [-0.2, 0) is 14.6 Å². The van der Waals surface area contributed by atoms with Crippen LogP contribution in [0, 0.1) is 0 Å². The number of benzene rings is 2. The molecule has 3 rings (SSSR count). The van der Waals surface area contributed by atoms with Crippen molar-refractivity contribution in [1.82, 2.24) is 4.90 Å². The highest BCUT2D eigenvalue weighted by Gasteiger charge is 2.33. The predicted molar refractivity (Wildman–Crippen MR) is 111 cm³/mol. The number of amides is 1. The van der Waals surface area contributed by atoms with Gasteiger partial charge in [-0.05, 0) is 37.8 Å². The van der Waals surface area contributed by atoms with Gasteiger partial charge in [0, 0.05) is 18.0 Å². The van der Waals surface area contributed by atoms with Gasteiger partial charge in [-0.15, -0.1) is 0 Å². The molecule has 6 heteroatoms. The fraction of sp³-hybridized carbons (Fsp3) is 0.476. The lowest BCUT2D eigenvalue weighted by atomic mass is 10.1. The van der Waals surface area contributed by atoms with Crippen molar-refractivity contribution in [2.45, 2.75) is 32.7 Å². The maximum absolute atomic E-state index is 13.2. The molecule has 1 aliphatic rings. The molecule has 0 aliphatic carbocycles. The number of hydrogen-bond donors (Lipinski definition) is 0. The first-order valence-corrected chi connectivity index (χ1v) is 11.5. The number of carbonyl (C=O) groups excluding carboxylic acids is 1. The van der Waals surface area contributed by atoms with Gasteiger partial charge in [0.1, 0.15) is 0 Å². The van der Waals surface area contributed by atoms with E-state index in [4.69, 9.17) is 0 Å². The fourth-order valence-corrected chi connectivity index (χ4v) is 5.69. The first-order valence-electron chi connectivity index (χ1n) is 9.67. The standard InChI is InChI=1S/C21H28N2O3S/c1-3-13-22(18-12-14-27(25,26)16-18)15-21(24)23(4-2)20-11-7-9-17-8-5-6-10-19(17)20/h5-11,18H,3-4,12-16H2,1-2H3. The Labute approximate surface area is 161 Å². The minimum Gasteiger partial charge on any atom is -0.311 e. The summed E-state index contributed by atoms with van der Waals surface area (Å²) in [6.07, 6.45) is 1.51. The van der Waals surface area contributed by atoms with Crippen molar-refractivity contribution in [2.24, 2.45) is 0 Å². The SMILES string of the molecule is CCCN(CC(=O)N(CC)c1cccc2ccccc12)C1CCS(=O)(=O)C1. The lowest BCUT2D eigenvalue weighted by Crippen LogP contribution is -2.45. The van der Waals surface area contributed by atoms with Crippen molar-refractivity contribution >= 4 is 32.2 Å². The summed E-state index contributed by atoms with van der Waals surface area (Å²) in [4.78, 5) is 17.0. The molecular formula is C21H28N2O3S. The summed E-state index contributed by atoms with van der Waals surface area (Å²) in [5.74, 6) is 0.416. The van der Waals surface area contributed by atoms with Gasteiger partial charge in [0.15, 0.2) is 9.84 Å². The van der Waals surface area contributed by atoms with Crippen LogP contribution in [0.2, 0.25) is 0 Å². The van der Waals surface area contributed by atoms with Gasteiger partial charge in [0.25, 0.3) is 0 Å². The molecule has 0 spiro atoms. The predicted octanol–water partition coefficient (Wildman–Crippen LogP) is 3.09. The summed E-state index contributed by atoms with van der Waals surface area (Å²) < 4.78 is 23.7. The van der Waals surface area contributed by atoms with Crippen molar-refractivity contribution in [3.8, 4) is 0 Å². The molecule has 0 aromatic heterocycles. The van der Waals surface area contributed by atoms with E-state index < -0.39 is 9.84 Å². The van der Waals surface area contributed by atoms with E-state index in [1.54, 1.807) is 0 Å². The normalized spacial score (nSPS) is 18.9. The summed E-state index contributed by atoms with van der Waals surface area (Å²) in [5, 5.41) is 2.16. The molecule has 1 amide bonds. The number of hydrogen-bond acceptors (Lipinski definition) is 4. The van der Waals surface area contributed by atoms with Crippen LogP contribution in [0.4, 0.5) is 5.69 Å². The molecule has 0 N–H and O–H groups in total. The van der Waals surface area contributed by atoms with Gasteiger partial charge in [-0.25, -0.2) is 8.42 Å². The molecule has 2 aromatic carbocycles. The van der Waals surface area contributed by atoms with Crippen molar-refractivity contribution in [2.75, 3.05) is 36.0 Å². The Hall–Kier alpha value is -1.92. The number of carbonyl (C=O) groups is 1. The van der Waals surface area contributed by atoms with Gasteiger partial charge in [-0.3, -0.25) is 9.69 Å². The average molecular weight is 389 g/mol. The molecule has 1 atom stereocenters. The van der Waals surface area contributed by atoms with Gasteiger partial charge in [0.2, 0.25) is 5.91 Å². The Bertz CT molecular complexity index is 905. The number of likely N-dealkylation sites (N-methyl/N-ethyl adjacent to an activating group) is 1. The van der Waals surface area contributed by atoms with E-state index in [0.29, 0.717) is 13.0 Å². The molecule has 27 heavy (non-hydrogen) atoms. The second-order valence-corrected chi connectivity index (χ2v) is 9.39. The average Bonchev–Trinajstić information content (AvgIpc) is 3.02. The van der Waals surface area contributed by atoms with Crippen LogP contribution in [0.25, 0.3) is 10.8 Å². The maximum atomic E-state index is 13.2. The number of sulfone groups is 1. The molecular weight excluding hydrogens is 360 g/mol. The molecule has 1 saturated heterocycles.